The van der Waals surface area contributed by atoms with Crippen molar-refractivity contribution in [1.82, 2.24) is 0 Å². The fourth-order valence-electron chi connectivity index (χ4n) is 0.112. The van der Waals surface area contributed by atoms with Crippen LogP contribution < -0.4 is 0 Å². The van der Waals surface area contributed by atoms with Gasteiger partial charge in [0.05, 0.1) is 6.07 Å². The molecular weight excluding hydrogens is 338 g/mol. The van der Waals surface area contributed by atoms with Gasteiger partial charge in [-0.05, 0) is 6.42 Å². The summed E-state index contributed by atoms with van der Waals surface area (Å²) < 4.78 is 49.6. The van der Waals surface area contributed by atoms with E-state index in [2.05, 4.69) is 0 Å². The molecule has 0 aromatic heterocycles. The molecule has 1 nitrogen and oxygen atoms in total. The summed E-state index contributed by atoms with van der Waals surface area (Å²) >= 11 is -9.30. The molecule has 0 aromatic carbocycles. The van der Waals surface area contributed by atoms with Crippen molar-refractivity contribution in [3.63, 3.8) is 0 Å². The van der Waals surface area contributed by atoms with Crippen LogP contribution in [0.15, 0.2) is 0 Å². The molecule has 0 aromatic rings. The molecule has 0 heterocycles. The summed E-state index contributed by atoms with van der Waals surface area (Å²) in [5.74, 6) is 0. The Hall–Kier alpha value is -0.120. The first-order valence-corrected chi connectivity index (χ1v) is 8.70. The molecule has 0 aliphatic carbocycles. The van der Waals surface area contributed by atoms with Gasteiger partial charge in [0.25, 0.3) is 0 Å². The van der Waals surface area contributed by atoms with Crippen LogP contribution in [0.3, 0.4) is 0 Å². The van der Waals surface area contributed by atoms with E-state index in [9.17, 15) is 15.1 Å². The first-order valence-electron chi connectivity index (χ1n) is 2.63. The van der Waals surface area contributed by atoms with Crippen LogP contribution in [0.2, 0.25) is 0 Å². The van der Waals surface area contributed by atoms with Gasteiger partial charge in [-0.15, -0.1) is 0 Å². The molecule has 0 unspecified atom stereocenters. The zero-order chi connectivity index (χ0) is 9.57. The maximum absolute atomic E-state index is 9.92. The van der Waals surface area contributed by atoms with Gasteiger partial charge in [-0.1, -0.05) is 6.92 Å². The number of hydrogen-bond acceptors (Lipinski definition) is 1. The van der Waals surface area contributed by atoms with E-state index in [4.69, 9.17) is 5.26 Å². The molecule has 0 bridgehead atoms. The van der Waals surface area contributed by atoms with Crippen LogP contribution in [0.25, 0.3) is 0 Å². The third kappa shape index (κ3) is 174. The summed E-state index contributed by atoms with van der Waals surface area (Å²) in [5, 5.41) is 7.82. The average molecular weight is 345 g/mol. The normalized spacial score (nSPS) is 13.4. The Morgan fingerprint density at radius 3 is 1.45 bits per heavy atom. The van der Waals surface area contributed by atoms with Crippen molar-refractivity contribution in [2.75, 3.05) is 0 Å². The molecule has 0 atom stereocenters. The topological polar surface area (TPSA) is 23.8 Å². The predicted molar refractivity (Wildman–Crippen MR) is 26.1 cm³/mol. The van der Waals surface area contributed by atoms with Gasteiger partial charge < -0.3 is 0 Å². The first kappa shape index (κ1) is 13.5. The fourth-order valence-corrected chi connectivity index (χ4v) is 0.112. The number of nitrogens with zero attached hydrogens (tertiary/aromatic N) is 1. The van der Waals surface area contributed by atoms with E-state index >= 15 is 0 Å². The third-order valence-corrected chi connectivity index (χ3v) is 0.362. The predicted octanol–water partition coefficient (Wildman–Crippen LogP) is 3.41. The number of rotatable bonds is 1. The van der Waals surface area contributed by atoms with E-state index in [1.165, 1.54) is 0 Å². The third-order valence-electron chi connectivity index (χ3n) is 0.362. The Balaban J connectivity index is 0. The SMILES string of the molecule is CCCC#N.[F][Ta]([F])([F])([F])[F]. The van der Waals surface area contributed by atoms with Crippen LogP contribution in [-0.4, -0.2) is 0 Å². The Morgan fingerprint density at radius 2 is 1.45 bits per heavy atom. The van der Waals surface area contributed by atoms with E-state index in [-0.39, 0.29) is 0 Å². The molecule has 0 aliphatic rings. The molecule has 0 amide bonds. The van der Waals surface area contributed by atoms with Crippen LogP contribution in [0.5, 0.6) is 0 Å². The number of nitriles is 1. The van der Waals surface area contributed by atoms with E-state index in [1.54, 1.807) is 0 Å². The second-order valence-corrected chi connectivity index (χ2v) is 6.14. The van der Waals surface area contributed by atoms with Crippen LogP contribution in [0.4, 0.5) is 15.1 Å². The van der Waals surface area contributed by atoms with Gasteiger partial charge in [0.2, 0.25) is 0 Å². The minimum atomic E-state index is -9.30. The van der Waals surface area contributed by atoms with E-state index in [0.29, 0.717) is 6.42 Å². The molecule has 0 aliphatic heterocycles. The molecule has 0 N–H and O–H groups in total. The molecule has 68 valence electrons. The van der Waals surface area contributed by atoms with Gasteiger partial charge in [0.1, 0.15) is 0 Å². The zero-order valence-electron chi connectivity index (χ0n) is 5.70. The summed E-state index contributed by atoms with van der Waals surface area (Å²) in [7, 11) is 0. The van der Waals surface area contributed by atoms with Gasteiger partial charge in [-0.25, -0.2) is 0 Å². The number of hydrogen-bond donors (Lipinski definition) is 0. The Labute approximate surface area is 65.3 Å². The van der Waals surface area contributed by atoms with Gasteiger partial charge in [0.15, 0.2) is 0 Å². The van der Waals surface area contributed by atoms with Crippen LogP contribution >= 0.6 is 0 Å². The first-order chi connectivity index (χ1) is 4.65. The van der Waals surface area contributed by atoms with Crippen molar-refractivity contribution in [2.24, 2.45) is 0 Å². The number of halogens is 5. The van der Waals surface area contributed by atoms with E-state index < -0.39 is 18.5 Å². The number of unbranched alkanes of at least 4 members (excludes halogenated alkanes) is 1. The Kier molecular flexibility index (Phi) is 5.75. The average Bonchev–Trinajstić information content (AvgIpc) is 1.60. The van der Waals surface area contributed by atoms with Crippen molar-refractivity contribution < 1.29 is 33.7 Å². The molecule has 7 heteroatoms. The van der Waals surface area contributed by atoms with Gasteiger partial charge in [0, 0.05) is 6.42 Å². The van der Waals surface area contributed by atoms with Gasteiger partial charge in [-0.3, -0.25) is 0 Å². The molecular formula is C4H7F5NTa. The summed E-state index contributed by atoms with van der Waals surface area (Å²) in [6.07, 6.45) is 1.68. The summed E-state index contributed by atoms with van der Waals surface area (Å²) in [6.45, 7) is 1.99. The van der Waals surface area contributed by atoms with Crippen molar-refractivity contribution in [2.45, 2.75) is 19.8 Å². The minimum absolute atomic E-state index is 0.694. The van der Waals surface area contributed by atoms with Crippen LogP contribution in [0.1, 0.15) is 19.8 Å². The monoisotopic (exact) mass is 345 g/mol. The van der Waals surface area contributed by atoms with Crippen LogP contribution in [-0.2, 0) is 18.5 Å². The van der Waals surface area contributed by atoms with Gasteiger partial charge in [-0.2, -0.15) is 5.26 Å². The van der Waals surface area contributed by atoms with Crippen molar-refractivity contribution in [3.8, 4) is 6.07 Å². The standard InChI is InChI=1S/C4H7N.5FH.Ta/c1-2-3-4-5;;;;;;/h2-3H2,1H3;5*1H;/q;;;;;;+5/p-5. The maximum atomic E-state index is 9.92. The van der Waals surface area contributed by atoms with E-state index in [0.717, 1.165) is 6.42 Å². The van der Waals surface area contributed by atoms with Gasteiger partial charge >= 0.3 is 33.7 Å². The van der Waals surface area contributed by atoms with Crippen molar-refractivity contribution in [3.05, 3.63) is 0 Å². The summed E-state index contributed by atoms with van der Waals surface area (Å²) in [6, 6.07) is 2.02. The molecule has 0 fully saturated rings. The van der Waals surface area contributed by atoms with Crippen LogP contribution in [0, 0.1) is 11.3 Å². The molecule has 0 saturated heterocycles. The zero-order valence-corrected chi connectivity index (χ0v) is 8.91. The Morgan fingerprint density at radius 1 is 1.18 bits per heavy atom. The second kappa shape index (κ2) is 4.70. The quantitative estimate of drug-likeness (QED) is 0.669. The summed E-state index contributed by atoms with van der Waals surface area (Å²) in [4.78, 5) is 0. The molecule has 0 saturated carbocycles. The molecule has 11 heavy (non-hydrogen) atoms. The Bertz CT molecular complexity index is 126. The van der Waals surface area contributed by atoms with Crippen molar-refractivity contribution in [1.29, 1.82) is 5.26 Å². The second-order valence-electron chi connectivity index (χ2n) is 1.55. The molecule has 0 rings (SSSR count). The molecule has 0 spiro atoms. The van der Waals surface area contributed by atoms with Crippen molar-refractivity contribution >= 4 is 0 Å². The fraction of sp³-hybridized carbons (Fsp3) is 0.750. The van der Waals surface area contributed by atoms with E-state index in [1.807, 2.05) is 13.0 Å². The molecule has 0 radical (unpaired) electrons. The summed E-state index contributed by atoms with van der Waals surface area (Å²) in [5.41, 5.74) is 0.